The standard InChI is InChI=1S/C19H25N5/c1-3-5-6-11-24-17-14-15(4-2)7-8-16(17)22-19(18(24)20)23-12-9-21-10-13-23/h4,6-8,11,14,20-21H,2-3,5,9-10,12-13H2,1H3. The highest BCUT2D eigenvalue weighted by Crippen LogP contribution is 2.18. The number of fused-ring (bicyclic) bond motifs is 1. The van der Waals surface area contributed by atoms with Crippen LogP contribution in [0.1, 0.15) is 25.3 Å². The average Bonchev–Trinajstić information content (AvgIpc) is 2.63. The second-order valence-electron chi connectivity index (χ2n) is 6.02. The van der Waals surface area contributed by atoms with E-state index in [9.17, 15) is 0 Å². The molecule has 0 atom stereocenters. The second-order valence-corrected chi connectivity index (χ2v) is 6.02. The lowest BCUT2D eigenvalue weighted by Gasteiger charge is -2.29. The summed E-state index contributed by atoms with van der Waals surface area (Å²) in [6, 6.07) is 6.08. The Bertz CT molecular complexity index is 812. The van der Waals surface area contributed by atoms with Gasteiger partial charge in [0, 0.05) is 32.4 Å². The molecular formula is C19H25N5. The Morgan fingerprint density at radius 1 is 1.33 bits per heavy atom. The highest BCUT2D eigenvalue weighted by atomic mass is 15.2. The summed E-state index contributed by atoms with van der Waals surface area (Å²) in [7, 11) is 0. The van der Waals surface area contributed by atoms with E-state index in [4.69, 9.17) is 10.4 Å². The molecule has 2 N–H and O–H groups in total. The first-order chi connectivity index (χ1) is 11.7. The maximum absolute atomic E-state index is 8.69. The van der Waals surface area contributed by atoms with Crippen LogP contribution in [-0.4, -0.2) is 35.7 Å². The van der Waals surface area contributed by atoms with Crippen LogP contribution >= 0.6 is 0 Å². The van der Waals surface area contributed by atoms with E-state index >= 15 is 0 Å². The Balaban J connectivity index is 2.18. The van der Waals surface area contributed by atoms with Crippen molar-refractivity contribution >= 4 is 29.1 Å². The Morgan fingerprint density at radius 3 is 2.83 bits per heavy atom. The van der Waals surface area contributed by atoms with Crippen LogP contribution in [-0.2, 0) is 0 Å². The van der Waals surface area contributed by atoms with Crippen LogP contribution < -0.4 is 15.7 Å². The SMILES string of the molecule is C=Cc1ccc2nc(N3CCNCC3)c(=N)n(C=CCCC)c2c1. The number of unbranched alkanes of at least 4 members (excludes halogenated alkanes) is 1. The lowest BCUT2D eigenvalue weighted by molar-refractivity contribution is 0.581. The summed E-state index contributed by atoms with van der Waals surface area (Å²) in [4.78, 5) is 6.98. The van der Waals surface area contributed by atoms with Gasteiger partial charge in [0.2, 0.25) is 0 Å². The number of piperazine rings is 1. The van der Waals surface area contributed by atoms with Gasteiger partial charge >= 0.3 is 0 Å². The predicted octanol–water partition coefficient (Wildman–Crippen LogP) is 2.84. The van der Waals surface area contributed by atoms with Crippen LogP contribution in [0.5, 0.6) is 0 Å². The van der Waals surface area contributed by atoms with Crippen LogP contribution in [0.2, 0.25) is 0 Å². The van der Waals surface area contributed by atoms with Crippen LogP contribution in [0, 0.1) is 5.41 Å². The van der Waals surface area contributed by atoms with Gasteiger partial charge in [0.1, 0.15) is 0 Å². The fourth-order valence-electron chi connectivity index (χ4n) is 2.95. The van der Waals surface area contributed by atoms with E-state index < -0.39 is 0 Å². The van der Waals surface area contributed by atoms with Crippen LogP contribution in [0.15, 0.2) is 30.9 Å². The van der Waals surface area contributed by atoms with Gasteiger partial charge < -0.3 is 10.2 Å². The van der Waals surface area contributed by atoms with Crippen molar-refractivity contribution in [3.05, 3.63) is 41.9 Å². The molecule has 0 bridgehead atoms. The zero-order chi connectivity index (χ0) is 16.9. The minimum absolute atomic E-state index is 0.443. The zero-order valence-electron chi connectivity index (χ0n) is 14.3. The molecule has 0 saturated carbocycles. The molecule has 1 aromatic carbocycles. The first-order valence-electron chi connectivity index (χ1n) is 8.60. The largest absolute Gasteiger partial charge is 0.351 e. The predicted molar refractivity (Wildman–Crippen MR) is 101 cm³/mol. The van der Waals surface area contributed by atoms with Gasteiger partial charge in [0.15, 0.2) is 11.3 Å². The van der Waals surface area contributed by atoms with Crippen molar-refractivity contribution < 1.29 is 0 Å². The third kappa shape index (κ3) is 3.26. The molecule has 0 amide bonds. The number of benzene rings is 1. The van der Waals surface area contributed by atoms with Gasteiger partial charge in [-0.3, -0.25) is 9.98 Å². The normalized spacial score (nSPS) is 15.3. The Kier molecular flexibility index (Phi) is 5.11. The summed E-state index contributed by atoms with van der Waals surface area (Å²) >= 11 is 0. The van der Waals surface area contributed by atoms with Gasteiger partial charge in [-0.15, -0.1) is 0 Å². The van der Waals surface area contributed by atoms with Crippen molar-refractivity contribution in [2.45, 2.75) is 19.8 Å². The van der Waals surface area contributed by atoms with Gasteiger partial charge in [-0.2, -0.15) is 0 Å². The van der Waals surface area contributed by atoms with E-state index in [1.54, 1.807) is 0 Å². The molecule has 2 aromatic rings. The molecule has 0 aliphatic carbocycles. The summed E-state index contributed by atoms with van der Waals surface area (Å²) in [6.07, 6.45) is 8.05. The van der Waals surface area contributed by atoms with E-state index in [2.05, 4.69) is 29.8 Å². The van der Waals surface area contributed by atoms with Gasteiger partial charge in [-0.05, 0) is 24.1 Å². The monoisotopic (exact) mass is 323 g/mol. The topological polar surface area (TPSA) is 56.9 Å². The lowest BCUT2D eigenvalue weighted by atomic mass is 10.2. The smallest absolute Gasteiger partial charge is 0.173 e. The number of nitrogens with zero attached hydrogens (tertiary/aromatic N) is 3. The zero-order valence-corrected chi connectivity index (χ0v) is 14.3. The summed E-state index contributed by atoms with van der Waals surface area (Å²) in [5.41, 5.74) is 3.34. The van der Waals surface area contributed by atoms with Crippen LogP contribution in [0.25, 0.3) is 23.3 Å². The molecule has 2 heterocycles. The summed E-state index contributed by atoms with van der Waals surface area (Å²) in [5, 5.41) is 12.0. The van der Waals surface area contributed by atoms with Crippen molar-refractivity contribution in [2.75, 3.05) is 31.1 Å². The Hall–Kier alpha value is -2.40. The van der Waals surface area contributed by atoms with Crippen molar-refractivity contribution in [3.8, 4) is 0 Å². The summed E-state index contributed by atoms with van der Waals surface area (Å²) in [6.45, 7) is 9.63. The molecule has 1 saturated heterocycles. The lowest BCUT2D eigenvalue weighted by Crippen LogP contribution is -2.46. The van der Waals surface area contributed by atoms with Crippen molar-refractivity contribution in [3.63, 3.8) is 0 Å². The van der Waals surface area contributed by atoms with E-state index in [0.717, 1.165) is 61.4 Å². The molecule has 24 heavy (non-hydrogen) atoms. The number of rotatable bonds is 5. The molecule has 1 fully saturated rings. The highest BCUT2D eigenvalue weighted by Gasteiger charge is 2.16. The van der Waals surface area contributed by atoms with Crippen molar-refractivity contribution in [2.24, 2.45) is 0 Å². The number of aromatic nitrogens is 2. The quantitative estimate of drug-likeness (QED) is 0.889. The second kappa shape index (κ2) is 7.45. The molecule has 0 unspecified atom stereocenters. The number of hydrogen-bond donors (Lipinski definition) is 2. The van der Waals surface area contributed by atoms with Gasteiger partial charge in [-0.1, -0.05) is 38.1 Å². The van der Waals surface area contributed by atoms with Crippen molar-refractivity contribution in [1.82, 2.24) is 14.9 Å². The minimum atomic E-state index is 0.443. The fraction of sp³-hybridized carbons (Fsp3) is 0.368. The molecule has 1 aliphatic rings. The first kappa shape index (κ1) is 16.5. The molecule has 5 nitrogen and oxygen atoms in total. The molecular weight excluding hydrogens is 298 g/mol. The number of nitrogens with one attached hydrogen (secondary N) is 2. The molecule has 3 rings (SSSR count). The maximum atomic E-state index is 8.69. The molecule has 1 aromatic heterocycles. The van der Waals surface area contributed by atoms with Crippen molar-refractivity contribution in [1.29, 1.82) is 5.41 Å². The average molecular weight is 323 g/mol. The number of hydrogen-bond acceptors (Lipinski definition) is 4. The Labute approximate surface area is 142 Å². The molecule has 126 valence electrons. The molecule has 0 spiro atoms. The molecule has 0 radical (unpaired) electrons. The Morgan fingerprint density at radius 2 is 2.12 bits per heavy atom. The number of allylic oxidation sites excluding steroid dienone is 1. The van der Waals surface area contributed by atoms with Gasteiger partial charge in [0.05, 0.1) is 11.0 Å². The van der Waals surface area contributed by atoms with E-state index in [1.807, 2.05) is 35.0 Å². The molecule has 1 aliphatic heterocycles. The van der Waals surface area contributed by atoms with Crippen LogP contribution in [0.4, 0.5) is 5.82 Å². The fourth-order valence-corrected chi connectivity index (χ4v) is 2.95. The van der Waals surface area contributed by atoms with E-state index in [-0.39, 0.29) is 0 Å². The highest BCUT2D eigenvalue weighted by molar-refractivity contribution is 5.81. The number of anilines is 1. The van der Waals surface area contributed by atoms with E-state index in [1.165, 1.54) is 0 Å². The first-order valence-corrected chi connectivity index (χ1v) is 8.60. The van der Waals surface area contributed by atoms with E-state index in [0.29, 0.717) is 5.49 Å². The minimum Gasteiger partial charge on any atom is -0.351 e. The summed E-state index contributed by atoms with van der Waals surface area (Å²) in [5.74, 6) is 0.761. The third-order valence-corrected chi connectivity index (χ3v) is 4.30. The maximum Gasteiger partial charge on any atom is 0.173 e. The third-order valence-electron chi connectivity index (χ3n) is 4.30. The van der Waals surface area contributed by atoms with Crippen LogP contribution in [0.3, 0.4) is 0 Å². The molecule has 5 heteroatoms. The summed E-state index contributed by atoms with van der Waals surface area (Å²) < 4.78 is 1.95. The van der Waals surface area contributed by atoms with Gasteiger partial charge in [-0.25, -0.2) is 4.98 Å². The van der Waals surface area contributed by atoms with Gasteiger partial charge in [0.25, 0.3) is 0 Å².